The van der Waals surface area contributed by atoms with Crippen molar-refractivity contribution in [3.05, 3.63) is 144 Å². The Kier molecular flexibility index (Phi) is 7.45. The molecule has 188 valence electrons. The number of nitrogens with one attached hydrogen (secondary N) is 2. The van der Waals surface area contributed by atoms with Gasteiger partial charge in [-0.25, -0.2) is 0 Å². The first-order valence-electron chi connectivity index (χ1n) is 13.7. The third-order valence-corrected chi connectivity index (χ3v) is 7.99. The molecule has 0 radical (unpaired) electrons. The summed E-state index contributed by atoms with van der Waals surface area (Å²) in [6, 6.07) is 44.5. The van der Waals surface area contributed by atoms with E-state index in [1.54, 1.807) is 0 Å². The van der Waals surface area contributed by atoms with Crippen LogP contribution in [0.25, 0.3) is 0 Å². The second kappa shape index (κ2) is 11.4. The molecule has 3 nitrogen and oxygen atoms in total. The van der Waals surface area contributed by atoms with E-state index >= 15 is 0 Å². The molecule has 0 amide bonds. The molecule has 4 atom stereocenters. The second-order valence-corrected chi connectivity index (χ2v) is 10.5. The fourth-order valence-corrected chi connectivity index (χ4v) is 6.17. The van der Waals surface area contributed by atoms with Crippen LogP contribution in [-0.4, -0.2) is 12.2 Å². The van der Waals surface area contributed by atoms with Gasteiger partial charge in [0.15, 0.2) is 0 Å². The van der Waals surface area contributed by atoms with Crippen LogP contribution in [0.4, 0.5) is 0 Å². The third-order valence-electron chi connectivity index (χ3n) is 7.99. The van der Waals surface area contributed by atoms with Gasteiger partial charge in [-0.2, -0.15) is 0 Å². The highest BCUT2D eigenvalue weighted by molar-refractivity contribution is 5.26. The maximum Gasteiger partial charge on any atom is 0.0615 e. The van der Waals surface area contributed by atoms with E-state index in [1.165, 1.54) is 22.3 Å². The standard InChI is InChI=1S/C34H36N2O/c1-5-13-25(14-6-1)31-21-29(22-32(35-31)26-15-7-2-8-16-26)37-30-23-33(27-17-9-3-10-18-27)36-34(24-30)28-19-11-4-12-20-28/h1-20,29-36H,21-24H2. The number of hydrogen-bond acceptors (Lipinski definition) is 3. The van der Waals surface area contributed by atoms with Gasteiger partial charge in [0.25, 0.3) is 0 Å². The maximum atomic E-state index is 7.06. The Labute approximate surface area is 220 Å². The van der Waals surface area contributed by atoms with Crippen molar-refractivity contribution in [3.8, 4) is 0 Å². The highest BCUT2D eigenvalue weighted by Gasteiger charge is 2.36. The summed E-state index contributed by atoms with van der Waals surface area (Å²) >= 11 is 0. The third kappa shape index (κ3) is 5.86. The van der Waals surface area contributed by atoms with E-state index in [0.717, 1.165) is 25.7 Å². The van der Waals surface area contributed by atoms with Gasteiger partial charge >= 0.3 is 0 Å². The minimum atomic E-state index is 0.201. The molecule has 0 aromatic heterocycles. The Balaban J connectivity index is 1.25. The largest absolute Gasteiger partial charge is 0.375 e. The molecule has 2 aliphatic heterocycles. The molecule has 2 N–H and O–H groups in total. The van der Waals surface area contributed by atoms with E-state index in [4.69, 9.17) is 4.74 Å². The summed E-state index contributed by atoms with van der Waals surface area (Å²) in [5.74, 6) is 0. The molecule has 2 aliphatic rings. The lowest BCUT2D eigenvalue weighted by molar-refractivity contribution is -0.0670. The Morgan fingerprint density at radius 3 is 0.865 bits per heavy atom. The van der Waals surface area contributed by atoms with Gasteiger partial charge in [0.1, 0.15) is 0 Å². The Morgan fingerprint density at radius 2 is 0.622 bits per heavy atom. The van der Waals surface area contributed by atoms with Crippen LogP contribution in [0.15, 0.2) is 121 Å². The molecule has 2 fully saturated rings. The predicted molar refractivity (Wildman–Crippen MR) is 150 cm³/mol. The predicted octanol–water partition coefficient (Wildman–Crippen LogP) is 7.47. The van der Waals surface area contributed by atoms with E-state index in [9.17, 15) is 0 Å². The Hall–Kier alpha value is -3.24. The lowest BCUT2D eigenvalue weighted by Gasteiger charge is -2.42. The summed E-state index contributed by atoms with van der Waals surface area (Å²) in [6.45, 7) is 0. The van der Waals surface area contributed by atoms with Crippen molar-refractivity contribution in [2.75, 3.05) is 0 Å². The summed E-state index contributed by atoms with van der Waals surface area (Å²) in [5.41, 5.74) is 5.36. The van der Waals surface area contributed by atoms with E-state index < -0.39 is 0 Å². The van der Waals surface area contributed by atoms with Crippen LogP contribution in [0, 0.1) is 0 Å². The van der Waals surface area contributed by atoms with Gasteiger partial charge in [-0.05, 0) is 47.9 Å². The first-order chi connectivity index (χ1) is 18.3. The SMILES string of the molecule is c1ccc(C2CC(OC3CC(c4ccccc4)NC(c4ccccc4)C3)CC(c3ccccc3)N2)cc1. The summed E-state index contributed by atoms with van der Waals surface area (Å²) < 4.78 is 7.06. The van der Waals surface area contributed by atoms with Crippen LogP contribution in [0.2, 0.25) is 0 Å². The van der Waals surface area contributed by atoms with Crippen LogP contribution < -0.4 is 10.6 Å². The second-order valence-electron chi connectivity index (χ2n) is 10.5. The topological polar surface area (TPSA) is 33.3 Å². The van der Waals surface area contributed by atoms with Crippen molar-refractivity contribution in [1.82, 2.24) is 10.6 Å². The molecule has 37 heavy (non-hydrogen) atoms. The summed E-state index contributed by atoms with van der Waals surface area (Å²) in [7, 11) is 0. The summed E-state index contributed by atoms with van der Waals surface area (Å²) in [4.78, 5) is 0. The minimum absolute atomic E-state index is 0.201. The average molecular weight is 489 g/mol. The highest BCUT2D eigenvalue weighted by atomic mass is 16.5. The molecular formula is C34H36N2O. The van der Waals surface area contributed by atoms with Crippen LogP contribution in [0.1, 0.15) is 72.1 Å². The maximum absolute atomic E-state index is 7.06. The van der Waals surface area contributed by atoms with E-state index in [-0.39, 0.29) is 36.4 Å². The quantitative estimate of drug-likeness (QED) is 0.295. The van der Waals surface area contributed by atoms with Crippen molar-refractivity contribution in [2.45, 2.75) is 62.1 Å². The van der Waals surface area contributed by atoms with Crippen molar-refractivity contribution in [3.63, 3.8) is 0 Å². The number of benzene rings is 4. The minimum Gasteiger partial charge on any atom is -0.375 e. The smallest absolute Gasteiger partial charge is 0.0615 e. The molecule has 0 aliphatic carbocycles. The molecule has 6 rings (SSSR count). The first kappa shape index (κ1) is 24.1. The number of ether oxygens (including phenoxy) is 1. The normalized spacial score (nSPS) is 28.0. The van der Waals surface area contributed by atoms with Gasteiger partial charge in [-0.15, -0.1) is 0 Å². The molecule has 4 unspecified atom stereocenters. The molecule has 0 bridgehead atoms. The molecule has 3 heteroatoms. The molecule has 4 aromatic rings. The first-order valence-corrected chi connectivity index (χ1v) is 13.7. The zero-order chi connectivity index (χ0) is 24.9. The molecule has 0 spiro atoms. The lowest BCUT2D eigenvalue weighted by Crippen LogP contribution is -2.43. The van der Waals surface area contributed by atoms with Gasteiger partial charge in [0, 0.05) is 24.2 Å². The van der Waals surface area contributed by atoms with Crippen LogP contribution in [0.5, 0.6) is 0 Å². The summed E-state index contributed by atoms with van der Waals surface area (Å²) in [5, 5.41) is 7.86. The molecule has 2 saturated heterocycles. The fourth-order valence-electron chi connectivity index (χ4n) is 6.17. The van der Waals surface area contributed by atoms with Crippen molar-refractivity contribution in [1.29, 1.82) is 0 Å². The number of piperidine rings is 2. The Bertz CT molecular complexity index is 1040. The molecule has 0 saturated carbocycles. The van der Waals surface area contributed by atoms with Gasteiger partial charge in [-0.1, -0.05) is 121 Å². The summed E-state index contributed by atoms with van der Waals surface area (Å²) in [6.07, 6.45) is 4.36. The zero-order valence-electron chi connectivity index (χ0n) is 21.2. The van der Waals surface area contributed by atoms with Gasteiger partial charge < -0.3 is 15.4 Å². The highest BCUT2D eigenvalue weighted by Crippen LogP contribution is 2.39. The van der Waals surface area contributed by atoms with E-state index in [0.29, 0.717) is 0 Å². The molecule has 2 heterocycles. The van der Waals surface area contributed by atoms with Crippen molar-refractivity contribution in [2.24, 2.45) is 0 Å². The molecule has 4 aromatic carbocycles. The van der Waals surface area contributed by atoms with Crippen molar-refractivity contribution >= 4 is 0 Å². The van der Waals surface area contributed by atoms with Gasteiger partial charge in [0.2, 0.25) is 0 Å². The van der Waals surface area contributed by atoms with Gasteiger partial charge in [0.05, 0.1) is 12.2 Å². The van der Waals surface area contributed by atoms with E-state index in [2.05, 4.69) is 132 Å². The zero-order valence-corrected chi connectivity index (χ0v) is 21.2. The van der Waals surface area contributed by atoms with Crippen LogP contribution in [0.3, 0.4) is 0 Å². The number of rotatable bonds is 6. The van der Waals surface area contributed by atoms with E-state index in [1.807, 2.05) is 0 Å². The average Bonchev–Trinajstić information content (AvgIpc) is 2.99. The van der Waals surface area contributed by atoms with Gasteiger partial charge in [-0.3, -0.25) is 0 Å². The lowest BCUT2D eigenvalue weighted by atomic mass is 9.86. The molecular weight excluding hydrogens is 452 g/mol. The van der Waals surface area contributed by atoms with Crippen LogP contribution in [-0.2, 0) is 4.74 Å². The number of hydrogen-bond donors (Lipinski definition) is 2. The van der Waals surface area contributed by atoms with Crippen LogP contribution >= 0.6 is 0 Å². The fraction of sp³-hybridized carbons (Fsp3) is 0.294. The monoisotopic (exact) mass is 488 g/mol. The van der Waals surface area contributed by atoms with Crippen molar-refractivity contribution < 1.29 is 4.74 Å². The Morgan fingerprint density at radius 1 is 0.378 bits per heavy atom.